The third-order valence-electron chi connectivity index (χ3n) is 4.35. The van der Waals surface area contributed by atoms with Gasteiger partial charge in [0.15, 0.2) is 5.76 Å². The first-order valence-corrected chi connectivity index (χ1v) is 10.0. The van der Waals surface area contributed by atoms with Gasteiger partial charge in [-0.3, -0.25) is 9.59 Å². The van der Waals surface area contributed by atoms with Gasteiger partial charge in [0, 0.05) is 25.1 Å². The number of para-hydroxylation sites is 1. The topological polar surface area (TPSA) is 84.2 Å². The molecule has 0 radical (unpaired) electrons. The standard InChI is InChI=1S/C22H19N3O3S/c26-20(11-12-21-25-17-4-1-2-6-19(17)29-21)23-14-15-7-9-16(10-8-15)24-22(27)18-5-3-13-28-18/h1-10,13H,11-12,14H2,(H,23,26)(H,24,27). The van der Waals surface area contributed by atoms with E-state index in [1.165, 1.54) is 6.26 Å². The molecule has 0 fully saturated rings. The molecule has 0 bridgehead atoms. The maximum Gasteiger partial charge on any atom is 0.291 e. The van der Waals surface area contributed by atoms with Gasteiger partial charge in [0.25, 0.3) is 5.91 Å². The number of furan rings is 1. The molecule has 2 aromatic carbocycles. The fourth-order valence-corrected chi connectivity index (χ4v) is 3.81. The van der Waals surface area contributed by atoms with Crippen LogP contribution >= 0.6 is 11.3 Å². The van der Waals surface area contributed by atoms with Crippen LogP contribution < -0.4 is 10.6 Å². The van der Waals surface area contributed by atoms with Crippen LogP contribution in [-0.2, 0) is 17.8 Å². The predicted molar refractivity (Wildman–Crippen MR) is 113 cm³/mol. The Labute approximate surface area is 171 Å². The van der Waals surface area contributed by atoms with E-state index >= 15 is 0 Å². The molecule has 2 N–H and O–H groups in total. The van der Waals surface area contributed by atoms with E-state index < -0.39 is 0 Å². The number of amides is 2. The van der Waals surface area contributed by atoms with E-state index in [4.69, 9.17) is 4.42 Å². The second-order valence-electron chi connectivity index (χ2n) is 6.48. The summed E-state index contributed by atoms with van der Waals surface area (Å²) in [4.78, 5) is 28.7. The van der Waals surface area contributed by atoms with Crippen LogP contribution in [0.3, 0.4) is 0 Å². The normalized spacial score (nSPS) is 10.8. The minimum Gasteiger partial charge on any atom is -0.459 e. The van der Waals surface area contributed by atoms with Crippen LogP contribution in [0.5, 0.6) is 0 Å². The van der Waals surface area contributed by atoms with Gasteiger partial charge in [-0.05, 0) is 42.0 Å². The largest absolute Gasteiger partial charge is 0.459 e. The summed E-state index contributed by atoms with van der Waals surface area (Å²) in [6.45, 7) is 0.436. The average molecular weight is 405 g/mol. The van der Waals surface area contributed by atoms with Gasteiger partial charge in [-0.1, -0.05) is 24.3 Å². The van der Waals surface area contributed by atoms with Crippen molar-refractivity contribution >= 4 is 39.1 Å². The highest BCUT2D eigenvalue weighted by Crippen LogP contribution is 2.22. The fraction of sp³-hybridized carbons (Fsp3) is 0.136. The second kappa shape index (κ2) is 8.70. The summed E-state index contributed by atoms with van der Waals surface area (Å²) in [5, 5.41) is 6.65. The van der Waals surface area contributed by atoms with E-state index in [1.54, 1.807) is 35.6 Å². The quantitative estimate of drug-likeness (QED) is 0.478. The molecule has 0 saturated heterocycles. The summed E-state index contributed by atoms with van der Waals surface area (Å²) in [5.74, 6) is -0.0557. The lowest BCUT2D eigenvalue weighted by Gasteiger charge is -2.07. The molecule has 0 atom stereocenters. The Bertz CT molecular complexity index is 1080. The van der Waals surface area contributed by atoms with Crippen LogP contribution in [0.2, 0.25) is 0 Å². The van der Waals surface area contributed by atoms with E-state index in [1.807, 2.05) is 36.4 Å². The Kier molecular flexibility index (Phi) is 5.67. The molecule has 2 aromatic heterocycles. The van der Waals surface area contributed by atoms with Gasteiger partial charge in [-0.2, -0.15) is 0 Å². The molecule has 29 heavy (non-hydrogen) atoms. The smallest absolute Gasteiger partial charge is 0.291 e. The van der Waals surface area contributed by atoms with E-state index in [0.29, 0.717) is 25.1 Å². The van der Waals surface area contributed by atoms with E-state index in [0.717, 1.165) is 20.8 Å². The summed E-state index contributed by atoms with van der Waals surface area (Å²) in [7, 11) is 0. The number of carbonyl (C=O) groups excluding carboxylic acids is 2. The Balaban J connectivity index is 1.24. The summed E-state index contributed by atoms with van der Waals surface area (Å²) >= 11 is 1.63. The van der Waals surface area contributed by atoms with E-state index in [-0.39, 0.29) is 17.6 Å². The Morgan fingerprint density at radius 1 is 1.00 bits per heavy atom. The molecule has 2 amide bonds. The fourth-order valence-electron chi connectivity index (χ4n) is 2.84. The van der Waals surface area contributed by atoms with Crippen LogP contribution in [0.15, 0.2) is 71.3 Å². The third kappa shape index (κ3) is 4.89. The number of carbonyl (C=O) groups is 2. The van der Waals surface area contributed by atoms with E-state index in [2.05, 4.69) is 15.6 Å². The van der Waals surface area contributed by atoms with Gasteiger partial charge in [0.2, 0.25) is 5.91 Å². The van der Waals surface area contributed by atoms with Gasteiger partial charge in [0.1, 0.15) is 0 Å². The number of thiazole rings is 1. The zero-order valence-corrected chi connectivity index (χ0v) is 16.4. The second-order valence-corrected chi connectivity index (χ2v) is 7.60. The molecule has 4 aromatic rings. The van der Waals surface area contributed by atoms with Crippen molar-refractivity contribution in [3.8, 4) is 0 Å². The van der Waals surface area contributed by atoms with Crippen molar-refractivity contribution < 1.29 is 14.0 Å². The summed E-state index contributed by atoms with van der Waals surface area (Å²) in [6, 6.07) is 18.6. The average Bonchev–Trinajstić information content (AvgIpc) is 3.41. The van der Waals surface area contributed by atoms with E-state index in [9.17, 15) is 9.59 Å². The molecule has 7 heteroatoms. The van der Waals surface area contributed by atoms with Crippen LogP contribution in [0.4, 0.5) is 5.69 Å². The summed E-state index contributed by atoms with van der Waals surface area (Å²) < 4.78 is 6.21. The van der Waals surface area contributed by atoms with Crippen LogP contribution in [-0.4, -0.2) is 16.8 Å². The molecule has 0 saturated carbocycles. The Morgan fingerprint density at radius 2 is 1.83 bits per heavy atom. The number of fused-ring (bicyclic) bond motifs is 1. The summed E-state index contributed by atoms with van der Waals surface area (Å²) in [5.41, 5.74) is 2.60. The molecular weight excluding hydrogens is 386 g/mol. The molecule has 4 rings (SSSR count). The first-order chi connectivity index (χ1) is 14.2. The summed E-state index contributed by atoms with van der Waals surface area (Å²) in [6.07, 6.45) is 2.48. The van der Waals surface area contributed by atoms with Crippen molar-refractivity contribution in [3.05, 3.63) is 83.3 Å². The van der Waals surface area contributed by atoms with Crippen molar-refractivity contribution in [1.82, 2.24) is 10.3 Å². The highest BCUT2D eigenvalue weighted by Gasteiger charge is 2.09. The van der Waals surface area contributed by atoms with Crippen molar-refractivity contribution in [2.45, 2.75) is 19.4 Å². The van der Waals surface area contributed by atoms with Crippen LogP contribution in [0.1, 0.15) is 27.5 Å². The lowest BCUT2D eigenvalue weighted by molar-refractivity contribution is -0.121. The highest BCUT2D eigenvalue weighted by molar-refractivity contribution is 7.18. The number of benzene rings is 2. The number of hydrogen-bond acceptors (Lipinski definition) is 5. The Hall–Kier alpha value is -3.45. The molecule has 0 aliphatic carbocycles. The van der Waals surface area contributed by atoms with Gasteiger partial charge < -0.3 is 15.1 Å². The molecule has 0 spiro atoms. The third-order valence-corrected chi connectivity index (χ3v) is 5.45. The first kappa shape index (κ1) is 18.9. The van der Waals surface area contributed by atoms with Gasteiger partial charge in [0.05, 0.1) is 21.5 Å². The minimum atomic E-state index is -0.300. The van der Waals surface area contributed by atoms with Crippen molar-refractivity contribution in [2.75, 3.05) is 5.32 Å². The minimum absolute atomic E-state index is 0.0144. The maximum absolute atomic E-state index is 12.1. The SMILES string of the molecule is O=C(CCc1nc2ccccc2s1)NCc1ccc(NC(=O)c2ccco2)cc1. The number of nitrogens with zero attached hydrogens (tertiary/aromatic N) is 1. The van der Waals surface area contributed by atoms with Crippen LogP contribution in [0, 0.1) is 0 Å². The lowest BCUT2D eigenvalue weighted by Crippen LogP contribution is -2.23. The van der Waals surface area contributed by atoms with Crippen molar-refractivity contribution in [1.29, 1.82) is 0 Å². The monoisotopic (exact) mass is 405 g/mol. The van der Waals surface area contributed by atoms with Gasteiger partial charge >= 0.3 is 0 Å². The maximum atomic E-state index is 12.1. The zero-order chi connectivity index (χ0) is 20.1. The molecule has 0 aliphatic heterocycles. The van der Waals surface area contributed by atoms with Crippen LogP contribution in [0.25, 0.3) is 10.2 Å². The number of aryl methyl sites for hydroxylation is 1. The Morgan fingerprint density at radius 3 is 2.59 bits per heavy atom. The molecule has 6 nitrogen and oxygen atoms in total. The highest BCUT2D eigenvalue weighted by atomic mass is 32.1. The van der Waals surface area contributed by atoms with Gasteiger partial charge in [-0.15, -0.1) is 11.3 Å². The van der Waals surface area contributed by atoms with Crippen molar-refractivity contribution in [3.63, 3.8) is 0 Å². The molecule has 146 valence electrons. The predicted octanol–water partition coefficient (Wildman–Crippen LogP) is 4.39. The number of hydrogen-bond donors (Lipinski definition) is 2. The number of nitrogens with one attached hydrogen (secondary N) is 2. The van der Waals surface area contributed by atoms with Crippen molar-refractivity contribution in [2.24, 2.45) is 0 Å². The number of rotatable bonds is 7. The van der Waals surface area contributed by atoms with Gasteiger partial charge in [-0.25, -0.2) is 4.98 Å². The molecule has 0 unspecified atom stereocenters. The lowest BCUT2D eigenvalue weighted by atomic mass is 10.2. The first-order valence-electron chi connectivity index (χ1n) is 9.22. The molecule has 0 aliphatic rings. The molecule has 2 heterocycles. The molecular formula is C22H19N3O3S. The number of aromatic nitrogens is 1. The number of anilines is 1. The zero-order valence-electron chi connectivity index (χ0n) is 15.6.